The van der Waals surface area contributed by atoms with Crippen molar-refractivity contribution in [1.29, 1.82) is 0 Å². The number of esters is 1. The fraction of sp³-hybridized carbons (Fsp3) is 0.417. The van der Waals surface area contributed by atoms with Crippen LogP contribution >= 0.6 is 0 Å². The second-order valence-electron chi connectivity index (χ2n) is 3.25. The van der Waals surface area contributed by atoms with Gasteiger partial charge < -0.3 is 14.2 Å². The van der Waals surface area contributed by atoms with Crippen LogP contribution < -0.4 is 9.47 Å². The summed E-state index contributed by atoms with van der Waals surface area (Å²) >= 11 is 0. The number of benzene rings is 1. The Kier molecular flexibility index (Phi) is 4.64. The highest BCUT2D eigenvalue weighted by Crippen LogP contribution is 2.28. The van der Waals surface area contributed by atoms with E-state index in [1.54, 1.807) is 0 Å². The van der Waals surface area contributed by atoms with E-state index in [0.717, 1.165) is 5.56 Å². The fourth-order valence-electron chi connectivity index (χ4n) is 1.20. The molecule has 0 saturated carbocycles. The Balaban J connectivity index is 2.75. The predicted molar refractivity (Wildman–Crippen MR) is 59.9 cm³/mol. The maximum Gasteiger partial charge on any atom is 0.343 e. The third-order valence-electron chi connectivity index (χ3n) is 1.97. The van der Waals surface area contributed by atoms with Gasteiger partial charge in [0.2, 0.25) is 0 Å². The van der Waals surface area contributed by atoms with E-state index in [1.165, 1.54) is 7.11 Å². The molecular weight excluding hydrogens is 208 g/mol. The van der Waals surface area contributed by atoms with Crippen LogP contribution in [0.5, 0.6) is 11.5 Å². The average Bonchev–Trinajstić information content (AvgIpc) is 2.29. The van der Waals surface area contributed by atoms with Gasteiger partial charge in [-0.2, -0.15) is 0 Å². The van der Waals surface area contributed by atoms with Crippen molar-refractivity contribution in [3.05, 3.63) is 23.8 Å². The van der Waals surface area contributed by atoms with E-state index in [4.69, 9.17) is 9.47 Å². The fourth-order valence-corrected chi connectivity index (χ4v) is 1.20. The predicted octanol–water partition coefficient (Wildman–Crippen LogP) is 1.95. The summed E-state index contributed by atoms with van der Waals surface area (Å²) in [5.74, 6) is 0.785. The van der Waals surface area contributed by atoms with Crippen molar-refractivity contribution < 1.29 is 19.0 Å². The first-order valence-corrected chi connectivity index (χ1v) is 5.10. The molecule has 0 fully saturated rings. The minimum atomic E-state index is -0.413. The smallest absolute Gasteiger partial charge is 0.343 e. The van der Waals surface area contributed by atoms with Crippen molar-refractivity contribution in [2.75, 3.05) is 20.3 Å². The van der Waals surface area contributed by atoms with Crippen molar-refractivity contribution in [1.82, 2.24) is 0 Å². The number of rotatable bonds is 5. The molecule has 0 aliphatic heterocycles. The zero-order valence-corrected chi connectivity index (χ0v) is 9.78. The van der Waals surface area contributed by atoms with Gasteiger partial charge in [-0.3, -0.25) is 0 Å². The highest BCUT2D eigenvalue weighted by atomic mass is 16.6. The summed E-state index contributed by atoms with van der Waals surface area (Å²) in [5, 5.41) is 0. The van der Waals surface area contributed by atoms with E-state index in [9.17, 15) is 4.79 Å². The highest BCUT2D eigenvalue weighted by molar-refractivity contribution is 5.71. The molecule has 4 nitrogen and oxygen atoms in total. The first-order chi connectivity index (χ1) is 7.67. The van der Waals surface area contributed by atoms with Gasteiger partial charge in [-0.15, -0.1) is 0 Å². The second-order valence-corrected chi connectivity index (χ2v) is 3.25. The number of ether oxygens (including phenoxy) is 3. The quantitative estimate of drug-likeness (QED) is 0.717. The molecule has 16 heavy (non-hydrogen) atoms. The topological polar surface area (TPSA) is 44.8 Å². The molecule has 0 heterocycles. The zero-order valence-electron chi connectivity index (χ0n) is 9.78. The van der Waals surface area contributed by atoms with Crippen LogP contribution in [0, 0.1) is 6.92 Å². The van der Waals surface area contributed by atoms with Crippen molar-refractivity contribution in [3.63, 3.8) is 0 Å². The van der Waals surface area contributed by atoms with Gasteiger partial charge in [0.05, 0.1) is 13.7 Å². The van der Waals surface area contributed by atoms with Gasteiger partial charge in [0, 0.05) is 0 Å². The van der Waals surface area contributed by atoms with Crippen LogP contribution in [0.3, 0.4) is 0 Å². The SMILES string of the molecule is CCOc1ccc(C)cc1OCC(=O)OC. The minimum absolute atomic E-state index is 0.111. The molecule has 0 unspecified atom stereocenters. The molecule has 1 aromatic carbocycles. The normalized spacial score (nSPS) is 9.69. The van der Waals surface area contributed by atoms with Crippen LogP contribution in [0.1, 0.15) is 12.5 Å². The monoisotopic (exact) mass is 224 g/mol. The molecule has 88 valence electrons. The Bertz CT molecular complexity index is 360. The first kappa shape index (κ1) is 12.4. The van der Waals surface area contributed by atoms with E-state index >= 15 is 0 Å². The Labute approximate surface area is 95.1 Å². The Morgan fingerprint density at radius 3 is 2.62 bits per heavy atom. The maximum absolute atomic E-state index is 11.0. The van der Waals surface area contributed by atoms with Crippen LogP contribution in [0.15, 0.2) is 18.2 Å². The molecule has 4 heteroatoms. The molecule has 0 radical (unpaired) electrons. The molecule has 0 bridgehead atoms. The number of methoxy groups -OCH3 is 1. The van der Waals surface area contributed by atoms with Crippen molar-refractivity contribution >= 4 is 5.97 Å². The van der Waals surface area contributed by atoms with Gasteiger partial charge in [0.1, 0.15) is 0 Å². The van der Waals surface area contributed by atoms with Gasteiger partial charge in [-0.1, -0.05) is 6.07 Å². The largest absolute Gasteiger partial charge is 0.490 e. The molecule has 0 aliphatic carbocycles. The Morgan fingerprint density at radius 1 is 1.25 bits per heavy atom. The summed E-state index contributed by atoms with van der Waals surface area (Å²) in [4.78, 5) is 11.0. The number of hydrogen-bond acceptors (Lipinski definition) is 4. The van der Waals surface area contributed by atoms with Crippen molar-refractivity contribution in [2.45, 2.75) is 13.8 Å². The number of carbonyl (C=O) groups is 1. The third kappa shape index (κ3) is 3.46. The summed E-state index contributed by atoms with van der Waals surface area (Å²) in [5.41, 5.74) is 1.04. The summed E-state index contributed by atoms with van der Waals surface area (Å²) in [6.07, 6.45) is 0. The van der Waals surface area contributed by atoms with E-state index in [2.05, 4.69) is 4.74 Å². The molecular formula is C12H16O4. The average molecular weight is 224 g/mol. The first-order valence-electron chi connectivity index (χ1n) is 5.10. The molecule has 0 aliphatic rings. The minimum Gasteiger partial charge on any atom is -0.490 e. The summed E-state index contributed by atoms with van der Waals surface area (Å²) in [6.45, 7) is 4.28. The Hall–Kier alpha value is -1.71. The lowest BCUT2D eigenvalue weighted by atomic mass is 10.2. The molecule has 0 spiro atoms. The molecule has 0 saturated heterocycles. The molecule has 0 aromatic heterocycles. The van der Waals surface area contributed by atoms with E-state index < -0.39 is 5.97 Å². The van der Waals surface area contributed by atoms with Crippen LogP contribution in [0.4, 0.5) is 0 Å². The lowest BCUT2D eigenvalue weighted by Gasteiger charge is -2.11. The van der Waals surface area contributed by atoms with E-state index in [-0.39, 0.29) is 6.61 Å². The van der Waals surface area contributed by atoms with Crippen LogP contribution in [-0.4, -0.2) is 26.3 Å². The van der Waals surface area contributed by atoms with Gasteiger partial charge in [0.25, 0.3) is 0 Å². The summed E-state index contributed by atoms with van der Waals surface area (Å²) < 4.78 is 15.2. The third-order valence-corrected chi connectivity index (χ3v) is 1.97. The van der Waals surface area contributed by atoms with Gasteiger partial charge in [-0.05, 0) is 31.5 Å². The second kappa shape index (κ2) is 6.00. The van der Waals surface area contributed by atoms with Crippen LogP contribution in [0.25, 0.3) is 0 Å². The zero-order chi connectivity index (χ0) is 12.0. The molecule has 1 rings (SSSR count). The maximum atomic E-state index is 11.0. The van der Waals surface area contributed by atoms with Gasteiger partial charge in [-0.25, -0.2) is 4.79 Å². The molecule has 0 atom stereocenters. The van der Waals surface area contributed by atoms with Gasteiger partial charge >= 0.3 is 5.97 Å². The Morgan fingerprint density at radius 2 is 2.00 bits per heavy atom. The van der Waals surface area contributed by atoms with E-state index in [0.29, 0.717) is 18.1 Å². The molecule has 1 aromatic rings. The molecule has 0 N–H and O–H groups in total. The highest BCUT2D eigenvalue weighted by Gasteiger charge is 2.07. The standard InChI is InChI=1S/C12H16O4/c1-4-15-10-6-5-9(2)7-11(10)16-8-12(13)14-3/h5-7H,4,8H2,1-3H3. The van der Waals surface area contributed by atoms with Crippen molar-refractivity contribution in [3.8, 4) is 11.5 Å². The van der Waals surface area contributed by atoms with Crippen LogP contribution in [-0.2, 0) is 9.53 Å². The van der Waals surface area contributed by atoms with Gasteiger partial charge in [0.15, 0.2) is 18.1 Å². The van der Waals surface area contributed by atoms with Crippen molar-refractivity contribution in [2.24, 2.45) is 0 Å². The molecule has 0 amide bonds. The van der Waals surface area contributed by atoms with E-state index in [1.807, 2.05) is 32.0 Å². The summed E-state index contributed by atoms with van der Waals surface area (Å²) in [6, 6.07) is 5.58. The lowest BCUT2D eigenvalue weighted by Crippen LogP contribution is -2.13. The number of carbonyl (C=O) groups excluding carboxylic acids is 1. The number of hydrogen-bond donors (Lipinski definition) is 0. The summed E-state index contributed by atoms with van der Waals surface area (Å²) in [7, 11) is 1.32. The number of aryl methyl sites for hydroxylation is 1. The lowest BCUT2D eigenvalue weighted by molar-refractivity contribution is -0.142. The van der Waals surface area contributed by atoms with Crippen LogP contribution in [0.2, 0.25) is 0 Å².